The van der Waals surface area contributed by atoms with Gasteiger partial charge in [0.25, 0.3) is 0 Å². The first-order valence-corrected chi connectivity index (χ1v) is 8.37. The van der Waals surface area contributed by atoms with Gasteiger partial charge in [-0.15, -0.1) is 14.8 Å². The second-order valence-electron chi connectivity index (χ2n) is 5.82. The molecule has 3 rings (SSSR count). The summed E-state index contributed by atoms with van der Waals surface area (Å²) in [6.07, 6.45) is 0. The summed E-state index contributed by atoms with van der Waals surface area (Å²) in [5, 5.41) is 6.77. The quantitative estimate of drug-likeness (QED) is 0.377. The van der Waals surface area contributed by atoms with Crippen molar-refractivity contribution in [2.24, 2.45) is 5.29 Å². The number of ether oxygens (including phenoxy) is 1. The number of carbonyl (C=O) groups is 2. The van der Waals surface area contributed by atoms with Crippen LogP contribution in [0.2, 0.25) is 0 Å². The summed E-state index contributed by atoms with van der Waals surface area (Å²) in [5.41, 5.74) is 1.97. The van der Waals surface area contributed by atoms with Crippen molar-refractivity contribution in [2.45, 2.75) is 13.8 Å². The molecular formula is C20H17N3O4. The van der Waals surface area contributed by atoms with Gasteiger partial charge in [0.2, 0.25) is 5.78 Å². The van der Waals surface area contributed by atoms with Gasteiger partial charge in [-0.25, -0.2) is 4.79 Å². The van der Waals surface area contributed by atoms with Gasteiger partial charge in [0.15, 0.2) is 5.69 Å². The van der Waals surface area contributed by atoms with E-state index in [4.69, 9.17) is 4.74 Å². The average Bonchev–Trinajstić information content (AvgIpc) is 3.08. The summed E-state index contributed by atoms with van der Waals surface area (Å²) in [6, 6.07) is 15.7. The molecule has 0 amide bonds. The number of aromatic nitrogens is 2. The lowest BCUT2D eigenvalue weighted by Gasteiger charge is -2.06. The van der Waals surface area contributed by atoms with E-state index in [1.165, 1.54) is 0 Å². The van der Waals surface area contributed by atoms with Crippen LogP contribution < -0.4 is 0 Å². The summed E-state index contributed by atoms with van der Waals surface area (Å²) in [7, 11) is 0. The molecule has 1 aromatic heterocycles. The number of nitrogens with zero attached hydrogens (tertiary/aromatic N) is 3. The Morgan fingerprint density at radius 1 is 1.07 bits per heavy atom. The Labute approximate surface area is 155 Å². The molecule has 0 radical (unpaired) electrons. The summed E-state index contributed by atoms with van der Waals surface area (Å²) >= 11 is 0. The van der Waals surface area contributed by atoms with E-state index in [0.717, 1.165) is 5.56 Å². The minimum atomic E-state index is -0.772. The standard InChI is InChI=1S/C20H17N3O4/c1-3-27-20(25)18-16(14-7-5-4-6-8-14)17(21-23(18)22-26)19(24)15-11-9-13(2)10-12-15/h4-12H,3H2,1-2H3. The smallest absolute Gasteiger partial charge is 0.359 e. The molecule has 2 aromatic carbocycles. The van der Waals surface area contributed by atoms with Crippen LogP contribution in [-0.2, 0) is 4.74 Å². The average molecular weight is 363 g/mol. The zero-order valence-electron chi connectivity index (χ0n) is 14.9. The molecule has 0 aliphatic heterocycles. The van der Waals surface area contributed by atoms with E-state index in [9.17, 15) is 14.5 Å². The van der Waals surface area contributed by atoms with E-state index in [2.05, 4.69) is 10.4 Å². The topological polar surface area (TPSA) is 90.6 Å². The van der Waals surface area contributed by atoms with E-state index < -0.39 is 11.8 Å². The molecule has 0 saturated carbocycles. The summed E-state index contributed by atoms with van der Waals surface area (Å²) < 4.78 is 5.04. The predicted octanol–water partition coefficient (Wildman–Crippen LogP) is 3.80. The molecule has 7 heteroatoms. The number of rotatable bonds is 6. The highest BCUT2D eigenvalue weighted by atomic mass is 16.5. The highest BCUT2D eigenvalue weighted by Crippen LogP contribution is 2.30. The number of hydrogen-bond acceptors (Lipinski definition) is 6. The third kappa shape index (κ3) is 3.52. The minimum Gasteiger partial charge on any atom is -0.461 e. The Balaban J connectivity index is 2.24. The summed E-state index contributed by atoms with van der Waals surface area (Å²) in [6.45, 7) is 3.67. The molecule has 136 valence electrons. The molecule has 0 N–H and O–H groups in total. The lowest BCUT2D eigenvalue weighted by Crippen LogP contribution is -2.11. The number of aryl methyl sites for hydroxylation is 1. The Morgan fingerprint density at radius 2 is 1.74 bits per heavy atom. The molecule has 7 nitrogen and oxygen atoms in total. The molecule has 0 bridgehead atoms. The molecule has 27 heavy (non-hydrogen) atoms. The van der Waals surface area contributed by atoms with Gasteiger partial charge < -0.3 is 4.74 Å². The molecular weight excluding hydrogens is 346 g/mol. The van der Waals surface area contributed by atoms with Gasteiger partial charge in [-0.3, -0.25) is 4.79 Å². The van der Waals surface area contributed by atoms with Crippen LogP contribution in [0.1, 0.15) is 39.0 Å². The molecule has 0 aliphatic rings. The SMILES string of the molecule is CCOC(=O)c1c(-c2ccccc2)c(C(=O)c2ccc(C)cc2)nn1N=O. The third-order valence-electron chi connectivity index (χ3n) is 4.01. The Hall–Kier alpha value is -3.61. The van der Waals surface area contributed by atoms with Crippen LogP contribution in [0, 0.1) is 11.8 Å². The molecule has 0 saturated heterocycles. The van der Waals surface area contributed by atoms with E-state index in [-0.39, 0.29) is 23.6 Å². The number of hydrogen-bond donors (Lipinski definition) is 0. The number of benzene rings is 2. The fourth-order valence-electron chi connectivity index (χ4n) is 2.73. The largest absolute Gasteiger partial charge is 0.461 e. The Kier molecular flexibility index (Phi) is 5.21. The lowest BCUT2D eigenvalue weighted by atomic mass is 9.97. The van der Waals surface area contributed by atoms with Gasteiger partial charge in [0.05, 0.1) is 11.9 Å². The number of esters is 1. The van der Waals surface area contributed by atoms with Crippen molar-refractivity contribution < 1.29 is 14.3 Å². The summed E-state index contributed by atoms with van der Waals surface area (Å²) in [4.78, 5) is 37.4. The van der Waals surface area contributed by atoms with E-state index in [0.29, 0.717) is 15.9 Å². The van der Waals surface area contributed by atoms with Crippen LogP contribution in [0.25, 0.3) is 11.1 Å². The van der Waals surface area contributed by atoms with Crippen molar-refractivity contribution in [3.63, 3.8) is 0 Å². The van der Waals surface area contributed by atoms with Gasteiger partial charge in [0, 0.05) is 11.1 Å². The molecule has 0 spiro atoms. The van der Waals surface area contributed by atoms with Crippen LogP contribution >= 0.6 is 0 Å². The van der Waals surface area contributed by atoms with E-state index in [1.807, 2.05) is 6.92 Å². The first-order valence-electron chi connectivity index (χ1n) is 8.37. The monoisotopic (exact) mass is 363 g/mol. The van der Waals surface area contributed by atoms with Crippen molar-refractivity contribution in [1.29, 1.82) is 0 Å². The Morgan fingerprint density at radius 3 is 2.33 bits per heavy atom. The highest BCUT2D eigenvalue weighted by Gasteiger charge is 2.30. The first-order chi connectivity index (χ1) is 13.1. The van der Waals surface area contributed by atoms with Crippen LogP contribution in [0.15, 0.2) is 59.9 Å². The third-order valence-corrected chi connectivity index (χ3v) is 4.01. The fraction of sp³-hybridized carbons (Fsp3) is 0.150. The van der Waals surface area contributed by atoms with E-state index >= 15 is 0 Å². The summed E-state index contributed by atoms with van der Waals surface area (Å²) in [5.74, 6) is -1.19. The lowest BCUT2D eigenvalue weighted by molar-refractivity contribution is 0.0514. The molecule has 0 atom stereocenters. The van der Waals surface area contributed by atoms with Crippen LogP contribution in [0.4, 0.5) is 0 Å². The van der Waals surface area contributed by atoms with Gasteiger partial charge in [-0.05, 0) is 19.4 Å². The molecule has 0 aliphatic carbocycles. The zero-order chi connectivity index (χ0) is 19.4. The fourth-order valence-corrected chi connectivity index (χ4v) is 2.73. The van der Waals surface area contributed by atoms with Crippen molar-refractivity contribution >= 4 is 11.8 Å². The van der Waals surface area contributed by atoms with Crippen molar-refractivity contribution in [3.8, 4) is 11.1 Å². The maximum absolute atomic E-state index is 13.0. The second-order valence-corrected chi connectivity index (χ2v) is 5.82. The van der Waals surface area contributed by atoms with Crippen molar-refractivity contribution in [2.75, 3.05) is 6.61 Å². The number of carbonyl (C=O) groups excluding carboxylic acids is 2. The maximum atomic E-state index is 13.0. The molecule has 0 fully saturated rings. The van der Waals surface area contributed by atoms with Gasteiger partial charge in [-0.2, -0.15) is 0 Å². The van der Waals surface area contributed by atoms with Gasteiger partial charge in [0.1, 0.15) is 5.69 Å². The van der Waals surface area contributed by atoms with Crippen LogP contribution in [-0.4, -0.2) is 28.2 Å². The minimum absolute atomic E-state index is 0.0345. The number of ketones is 1. The van der Waals surface area contributed by atoms with Gasteiger partial charge in [-0.1, -0.05) is 60.2 Å². The highest BCUT2D eigenvalue weighted by molar-refractivity contribution is 6.14. The van der Waals surface area contributed by atoms with Crippen LogP contribution in [0.5, 0.6) is 0 Å². The van der Waals surface area contributed by atoms with Crippen molar-refractivity contribution in [1.82, 2.24) is 9.89 Å². The molecule has 0 unspecified atom stereocenters. The van der Waals surface area contributed by atoms with Crippen molar-refractivity contribution in [3.05, 3.63) is 82.0 Å². The Bertz CT molecular complexity index is 992. The van der Waals surface area contributed by atoms with Crippen LogP contribution in [0.3, 0.4) is 0 Å². The zero-order valence-corrected chi connectivity index (χ0v) is 14.9. The normalized spacial score (nSPS) is 10.4. The number of nitroso groups, excluding NO2 is 1. The maximum Gasteiger partial charge on any atom is 0.359 e. The molecule has 3 aromatic rings. The van der Waals surface area contributed by atoms with E-state index in [1.54, 1.807) is 61.5 Å². The van der Waals surface area contributed by atoms with Gasteiger partial charge >= 0.3 is 5.97 Å². The molecule has 1 heterocycles. The first kappa shape index (κ1) is 18.2. The second kappa shape index (κ2) is 7.74. The predicted molar refractivity (Wildman–Crippen MR) is 99.4 cm³/mol.